The Kier molecular flexibility index (Phi) is 4.68. The molecule has 0 radical (unpaired) electrons. The second-order valence-electron chi connectivity index (χ2n) is 5.31. The maximum Gasteiger partial charge on any atom is 0.136 e. The number of nitrogens with one attached hydrogen (secondary N) is 2. The topological polar surface area (TPSA) is 73.6 Å². The summed E-state index contributed by atoms with van der Waals surface area (Å²) < 4.78 is 0. The summed E-state index contributed by atoms with van der Waals surface area (Å²) in [6.07, 6.45) is 0. The fourth-order valence-electron chi connectivity index (χ4n) is 2.34. The van der Waals surface area contributed by atoms with Crippen molar-refractivity contribution >= 4 is 17.3 Å². The van der Waals surface area contributed by atoms with Crippen LogP contribution in [0.3, 0.4) is 0 Å². The number of benzene rings is 2. The third kappa shape index (κ3) is 3.87. The van der Waals surface area contributed by atoms with Crippen molar-refractivity contribution in [2.24, 2.45) is 0 Å². The Labute approximate surface area is 141 Å². The van der Waals surface area contributed by atoms with E-state index in [9.17, 15) is 5.26 Å². The Balaban J connectivity index is 1.78. The summed E-state index contributed by atoms with van der Waals surface area (Å²) in [6.45, 7) is 2.53. The van der Waals surface area contributed by atoms with Crippen molar-refractivity contribution in [2.45, 2.75) is 13.5 Å². The fourth-order valence-corrected chi connectivity index (χ4v) is 2.34. The molecule has 0 atom stereocenters. The van der Waals surface area contributed by atoms with E-state index in [2.05, 4.69) is 38.8 Å². The van der Waals surface area contributed by atoms with Gasteiger partial charge >= 0.3 is 0 Å². The van der Waals surface area contributed by atoms with Crippen LogP contribution in [0.5, 0.6) is 0 Å². The minimum absolute atomic E-state index is 0.576. The lowest BCUT2D eigenvalue weighted by Crippen LogP contribution is -2.05. The summed E-state index contributed by atoms with van der Waals surface area (Å²) in [4.78, 5) is 8.79. The first kappa shape index (κ1) is 15.5. The summed E-state index contributed by atoms with van der Waals surface area (Å²) >= 11 is 0. The number of nitrogens with zero attached hydrogens (tertiary/aromatic N) is 3. The quantitative estimate of drug-likeness (QED) is 0.744. The van der Waals surface area contributed by atoms with E-state index in [1.54, 1.807) is 6.07 Å². The van der Waals surface area contributed by atoms with Crippen LogP contribution in [0.25, 0.3) is 0 Å². The zero-order chi connectivity index (χ0) is 16.8. The van der Waals surface area contributed by atoms with E-state index in [-0.39, 0.29) is 0 Å². The molecule has 0 fully saturated rings. The molecule has 1 heterocycles. The van der Waals surface area contributed by atoms with Crippen LogP contribution >= 0.6 is 0 Å². The standard InChI is InChI=1S/C19H17N5/c1-14-22-18(21-13-15-7-3-2-4-8-15)11-19(23-14)24-17-10-6-5-9-16(17)12-20/h2-11H,13H2,1H3,(H2,21,22,23,24). The minimum atomic E-state index is 0.576. The van der Waals surface area contributed by atoms with E-state index in [4.69, 9.17) is 0 Å². The van der Waals surface area contributed by atoms with Crippen molar-refractivity contribution in [1.29, 1.82) is 5.26 Å². The van der Waals surface area contributed by atoms with Gasteiger partial charge in [0.2, 0.25) is 0 Å². The highest BCUT2D eigenvalue weighted by Gasteiger charge is 2.05. The number of para-hydroxylation sites is 1. The van der Waals surface area contributed by atoms with Gasteiger partial charge in [-0.3, -0.25) is 0 Å². The smallest absolute Gasteiger partial charge is 0.136 e. The van der Waals surface area contributed by atoms with Crippen molar-refractivity contribution in [3.8, 4) is 6.07 Å². The van der Waals surface area contributed by atoms with Gasteiger partial charge < -0.3 is 10.6 Å². The number of hydrogen-bond donors (Lipinski definition) is 2. The highest BCUT2D eigenvalue weighted by molar-refractivity contribution is 5.65. The average molecular weight is 315 g/mol. The first-order chi connectivity index (χ1) is 11.7. The molecule has 0 saturated carbocycles. The largest absolute Gasteiger partial charge is 0.366 e. The van der Waals surface area contributed by atoms with Crippen molar-refractivity contribution in [2.75, 3.05) is 10.6 Å². The normalized spacial score (nSPS) is 10.0. The summed E-state index contributed by atoms with van der Waals surface area (Å²) in [5.41, 5.74) is 2.48. The maximum absolute atomic E-state index is 9.18. The zero-order valence-electron chi connectivity index (χ0n) is 13.3. The Morgan fingerprint density at radius 1 is 0.958 bits per heavy atom. The minimum Gasteiger partial charge on any atom is -0.366 e. The van der Waals surface area contributed by atoms with E-state index in [1.165, 1.54) is 5.56 Å². The third-order valence-corrected chi connectivity index (χ3v) is 3.46. The molecule has 5 nitrogen and oxygen atoms in total. The lowest BCUT2D eigenvalue weighted by molar-refractivity contribution is 1.03. The van der Waals surface area contributed by atoms with Crippen LogP contribution in [0.15, 0.2) is 60.7 Å². The molecule has 0 saturated heterocycles. The van der Waals surface area contributed by atoms with E-state index >= 15 is 0 Å². The average Bonchev–Trinajstić information content (AvgIpc) is 2.61. The number of aromatic nitrogens is 2. The monoisotopic (exact) mass is 315 g/mol. The molecule has 0 bridgehead atoms. The molecule has 24 heavy (non-hydrogen) atoms. The number of aryl methyl sites for hydroxylation is 1. The Hall–Kier alpha value is -3.39. The lowest BCUT2D eigenvalue weighted by atomic mass is 10.2. The first-order valence-electron chi connectivity index (χ1n) is 7.64. The van der Waals surface area contributed by atoms with Crippen LogP contribution in [-0.4, -0.2) is 9.97 Å². The number of anilines is 3. The molecule has 0 aliphatic rings. The number of hydrogen-bond acceptors (Lipinski definition) is 5. The molecule has 0 amide bonds. The summed E-state index contributed by atoms with van der Waals surface area (Å²) in [7, 11) is 0. The second-order valence-corrected chi connectivity index (χ2v) is 5.31. The highest BCUT2D eigenvalue weighted by atomic mass is 15.1. The molecular formula is C19H17N5. The van der Waals surface area contributed by atoms with Gasteiger partial charge in [0, 0.05) is 12.6 Å². The molecule has 0 unspecified atom stereocenters. The van der Waals surface area contributed by atoms with Gasteiger partial charge in [-0.1, -0.05) is 42.5 Å². The molecule has 3 rings (SSSR count). The summed E-state index contributed by atoms with van der Waals surface area (Å²) in [6, 6.07) is 21.5. The van der Waals surface area contributed by atoms with Gasteiger partial charge in [0.25, 0.3) is 0 Å². The zero-order valence-corrected chi connectivity index (χ0v) is 13.3. The molecule has 2 N–H and O–H groups in total. The Bertz CT molecular complexity index is 868. The van der Waals surface area contributed by atoms with Gasteiger partial charge in [-0.25, -0.2) is 9.97 Å². The number of rotatable bonds is 5. The van der Waals surface area contributed by atoms with Gasteiger partial charge in [-0.2, -0.15) is 5.26 Å². The van der Waals surface area contributed by atoms with Crippen LogP contribution in [0.1, 0.15) is 17.0 Å². The SMILES string of the molecule is Cc1nc(NCc2ccccc2)cc(Nc2ccccc2C#N)n1. The maximum atomic E-state index is 9.18. The summed E-state index contributed by atoms with van der Waals surface area (Å²) in [5, 5.41) is 15.7. The first-order valence-corrected chi connectivity index (χ1v) is 7.64. The van der Waals surface area contributed by atoms with Crippen LogP contribution in [0.2, 0.25) is 0 Å². The van der Waals surface area contributed by atoms with Crippen LogP contribution < -0.4 is 10.6 Å². The van der Waals surface area contributed by atoms with E-state index in [1.807, 2.05) is 49.4 Å². The molecule has 118 valence electrons. The van der Waals surface area contributed by atoms with Crippen LogP contribution in [-0.2, 0) is 6.54 Å². The predicted octanol–water partition coefficient (Wildman–Crippen LogP) is 4.01. The van der Waals surface area contributed by atoms with Crippen molar-refractivity contribution < 1.29 is 0 Å². The van der Waals surface area contributed by atoms with Crippen molar-refractivity contribution in [3.05, 3.63) is 77.6 Å². The van der Waals surface area contributed by atoms with Gasteiger partial charge in [-0.05, 0) is 24.6 Å². The molecular weight excluding hydrogens is 298 g/mol. The third-order valence-electron chi connectivity index (χ3n) is 3.46. The Morgan fingerprint density at radius 2 is 1.67 bits per heavy atom. The molecule has 0 aliphatic heterocycles. The predicted molar refractivity (Wildman–Crippen MR) is 95.0 cm³/mol. The molecule has 5 heteroatoms. The lowest BCUT2D eigenvalue weighted by Gasteiger charge is -2.11. The van der Waals surface area contributed by atoms with E-state index < -0.39 is 0 Å². The van der Waals surface area contributed by atoms with Crippen LogP contribution in [0, 0.1) is 18.3 Å². The molecule has 0 spiro atoms. The molecule has 3 aromatic rings. The number of nitriles is 1. The van der Waals surface area contributed by atoms with Gasteiger partial charge in [0.15, 0.2) is 0 Å². The van der Waals surface area contributed by atoms with E-state index in [0.29, 0.717) is 23.8 Å². The van der Waals surface area contributed by atoms with E-state index in [0.717, 1.165) is 11.5 Å². The molecule has 2 aromatic carbocycles. The summed E-state index contributed by atoms with van der Waals surface area (Å²) in [5.74, 6) is 2.05. The fraction of sp³-hybridized carbons (Fsp3) is 0.105. The van der Waals surface area contributed by atoms with Crippen molar-refractivity contribution in [1.82, 2.24) is 9.97 Å². The molecule has 0 aliphatic carbocycles. The highest BCUT2D eigenvalue weighted by Crippen LogP contribution is 2.20. The van der Waals surface area contributed by atoms with Crippen LogP contribution in [0.4, 0.5) is 17.3 Å². The van der Waals surface area contributed by atoms with Gasteiger partial charge in [0.1, 0.15) is 23.5 Å². The van der Waals surface area contributed by atoms with Crippen molar-refractivity contribution in [3.63, 3.8) is 0 Å². The van der Waals surface area contributed by atoms with Gasteiger partial charge in [-0.15, -0.1) is 0 Å². The van der Waals surface area contributed by atoms with Gasteiger partial charge in [0.05, 0.1) is 11.3 Å². The molecule has 1 aromatic heterocycles. The Morgan fingerprint density at radius 3 is 2.46 bits per heavy atom. The second kappa shape index (κ2) is 7.25.